The molecule has 0 spiro atoms. The predicted octanol–water partition coefficient (Wildman–Crippen LogP) is 10.4. The van der Waals surface area contributed by atoms with Gasteiger partial charge in [-0.15, -0.1) is 0 Å². The minimum atomic E-state index is -0.645. The van der Waals surface area contributed by atoms with Crippen molar-refractivity contribution < 1.29 is 4.74 Å². The summed E-state index contributed by atoms with van der Waals surface area (Å²) in [5.74, 6) is 1.39. The topological polar surface area (TPSA) is 9.23 Å². The normalized spacial score (nSPS) is 12.6. The third-order valence-electron chi connectivity index (χ3n) is 5.85. The fraction of sp³-hybridized carbons (Fsp3) is 0.294. The van der Waals surface area contributed by atoms with E-state index in [1.165, 1.54) is 16.5 Å². The van der Waals surface area contributed by atoms with Crippen LogP contribution >= 0.6 is 0 Å². The molecule has 1 nitrogen and oxygen atoms in total. The van der Waals surface area contributed by atoms with Crippen molar-refractivity contribution in [3.63, 3.8) is 0 Å². The smallest absolute Gasteiger partial charge is 0.178 e. The lowest BCUT2D eigenvalue weighted by molar-refractivity contribution is 0.163. The molecule has 0 saturated heterocycles. The molecule has 0 fully saturated rings. The van der Waals surface area contributed by atoms with Gasteiger partial charge in [0.15, 0.2) is 5.60 Å². The molecule has 4 aromatic rings. The van der Waals surface area contributed by atoms with Crippen LogP contribution in [0.3, 0.4) is 0 Å². The lowest BCUT2D eigenvalue weighted by Crippen LogP contribution is -2.34. The van der Waals surface area contributed by atoms with Crippen LogP contribution in [0.4, 0.5) is 0 Å². The molecule has 0 unspecified atom stereocenters. The molecule has 1 aliphatic rings. The van der Waals surface area contributed by atoms with Crippen LogP contribution in [0.15, 0.2) is 97.1 Å². The van der Waals surface area contributed by atoms with E-state index in [0.29, 0.717) is 5.92 Å². The maximum absolute atomic E-state index is 7.01. The molecule has 0 N–H and O–H groups in total. The van der Waals surface area contributed by atoms with Gasteiger partial charge in [-0.3, -0.25) is 0 Å². The zero-order chi connectivity index (χ0) is 25.8. The van der Waals surface area contributed by atoms with Gasteiger partial charge in [-0.05, 0) is 22.9 Å². The van der Waals surface area contributed by atoms with Crippen molar-refractivity contribution in [1.82, 2.24) is 0 Å². The van der Waals surface area contributed by atoms with E-state index < -0.39 is 5.60 Å². The highest BCUT2D eigenvalue weighted by Gasteiger charge is 2.38. The van der Waals surface area contributed by atoms with Crippen molar-refractivity contribution in [1.29, 1.82) is 0 Å². The second-order valence-corrected chi connectivity index (χ2v) is 7.99. The molecule has 0 atom stereocenters. The van der Waals surface area contributed by atoms with Crippen molar-refractivity contribution in [2.75, 3.05) is 0 Å². The molecule has 0 aromatic heterocycles. The first-order chi connectivity index (χ1) is 17.2. The molecular formula is C34H42O. The van der Waals surface area contributed by atoms with Crippen LogP contribution in [0.1, 0.15) is 83.6 Å². The van der Waals surface area contributed by atoms with Crippen LogP contribution in [0.5, 0.6) is 5.75 Å². The third-order valence-corrected chi connectivity index (χ3v) is 5.85. The molecule has 0 saturated carbocycles. The van der Waals surface area contributed by atoms with Crippen LogP contribution in [-0.4, -0.2) is 0 Å². The second kappa shape index (κ2) is 13.5. The van der Waals surface area contributed by atoms with Gasteiger partial charge in [0.2, 0.25) is 0 Å². The highest BCUT2D eigenvalue weighted by molar-refractivity contribution is 5.94. The summed E-state index contributed by atoms with van der Waals surface area (Å²) in [5, 5.41) is 2.38. The summed E-state index contributed by atoms with van der Waals surface area (Å²) in [6.45, 7) is 16.5. The molecule has 184 valence electrons. The van der Waals surface area contributed by atoms with Crippen molar-refractivity contribution in [3.8, 4) is 5.75 Å². The minimum Gasteiger partial charge on any atom is -0.472 e. The predicted molar refractivity (Wildman–Crippen MR) is 155 cm³/mol. The summed E-state index contributed by atoms with van der Waals surface area (Å²) in [5.41, 5.74) is 4.14. The average molecular weight is 467 g/mol. The Morgan fingerprint density at radius 1 is 0.629 bits per heavy atom. The summed E-state index contributed by atoms with van der Waals surface area (Å²) < 4.78 is 7.01. The molecule has 0 amide bonds. The second-order valence-electron chi connectivity index (χ2n) is 7.99. The van der Waals surface area contributed by atoms with Gasteiger partial charge in [0.1, 0.15) is 5.75 Å². The monoisotopic (exact) mass is 466 g/mol. The van der Waals surface area contributed by atoms with E-state index in [2.05, 4.69) is 117 Å². The first kappa shape index (κ1) is 27.9. The van der Waals surface area contributed by atoms with E-state index >= 15 is 0 Å². The van der Waals surface area contributed by atoms with Crippen molar-refractivity contribution >= 4 is 16.8 Å². The molecule has 1 heteroatoms. The molecule has 0 radical (unpaired) electrons. The summed E-state index contributed by atoms with van der Waals surface area (Å²) in [6, 6.07) is 31.9. The van der Waals surface area contributed by atoms with Crippen LogP contribution in [-0.2, 0) is 5.60 Å². The molecule has 1 aliphatic heterocycles. The number of hydrogen-bond donors (Lipinski definition) is 0. The number of benzene rings is 4. The Labute approximate surface area is 213 Å². The highest BCUT2D eigenvalue weighted by atomic mass is 16.5. The van der Waals surface area contributed by atoms with E-state index in [1.54, 1.807) is 0 Å². The fourth-order valence-corrected chi connectivity index (χ4v) is 4.35. The van der Waals surface area contributed by atoms with Gasteiger partial charge in [0.05, 0.1) is 0 Å². The Kier molecular flexibility index (Phi) is 10.8. The highest BCUT2D eigenvalue weighted by Crippen LogP contribution is 2.47. The quantitative estimate of drug-likeness (QED) is 0.292. The average Bonchev–Trinajstić information content (AvgIpc) is 2.96. The summed E-state index contributed by atoms with van der Waals surface area (Å²) in [7, 11) is 0. The zero-order valence-corrected chi connectivity index (χ0v) is 22.8. The Hall–Kier alpha value is -3.32. The third kappa shape index (κ3) is 5.68. The maximum atomic E-state index is 7.01. The van der Waals surface area contributed by atoms with Gasteiger partial charge in [0, 0.05) is 22.1 Å². The standard InChI is InChI=1S/C28H24O.3C2H6/c1-20(2)26-19-21-11-9-10-16-24(21)27-25(26)17-18-28(29-27,22-12-5-3-6-13-22)23-14-7-4-8-15-23;3*1-2/h3-20H,1-2H3;3*1-2H3. The van der Waals surface area contributed by atoms with Gasteiger partial charge in [0.25, 0.3) is 0 Å². The molecule has 5 rings (SSSR count). The van der Waals surface area contributed by atoms with Gasteiger partial charge >= 0.3 is 0 Å². The van der Waals surface area contributed by atoms with Gasteiger partial charge in [-0.1, -0.05) is 152 Å². The number of fused-ring (bicyclic) bond motifs is 3. The Morgan fingerprint density at radius 2 is 1.11 bits per heavy atom. The van der Waals surface area contributed by atoms with Gasteiger partial charge in [-0.25, -0.2) is 0 Å². The van der Waals surface area contributed by atoms with Gasteiger partial charge in [-0.2, -0.15) is 0 Å². The van der Waals surface area contributed by atoms with Crippen LogP contribution in [0, 0.1) is 0 Å². The van der Waals surface area contributed by atoms with Crippen LogP contribution < -0.4 is 4.74 Å². The van der Waals surface area contributed by atoms with Crippen LogP contribution in [0.25, 0.3) is 16.8 Å². The summed E-state index contributed by atoms with van der Waals surface area (Å²) in [4.78, 5) is 0. The zero-order valence-electron chi connectivity index (χ0n) is 22.8. The Morgan fingerprint density at radius 3 is 1.63 bits per heavy atom. The van der Waals surface area contributed by atoms with Gasteiger partial charge < -0.3 is 4.74 Å². The van der Waals surface area contributed by atoms with E-state index in [1.807, 2.05) is 41.5 Å². The number of hydrogen-bond acceptors (Lipinski definition) is 1. The Bertz CT molecular complexity index is 1150. The lowest BCUT2D eigenvalue weighted by Gasteiger charge is -2.37. The van der Waals surface area contributed by atoms with E-state index in [9.17, 15) is 0 Å². The molecule has 4 aromatic carbocycles. The maximum Gasteiger partial charge on any atom is 0.178 e. The van der Waals surface area contributed by atoms with E-state index in [-0.39, 0.29) is 0 Å². The minimum absolute atomic E-state index is 0.419. The lowest BCUT2D eigenvalue weighted by atomic mass is 9.82. The molecule has 0 bridgehead atoms. The molecule has 35 heavy (non-hydrogen) atoms. The molecule has 0 aliphatic carbocycles. The SMILES string of the molecule is CC.CC.CC.CC(C)c1cc2ccccc2c2c1C=CC(c1ccccc1)(c1ccccc1)O2. The first-order valence-corrected chi connectivity index (χ1v) is 13.2. The Balaban J connectivity index is 0.000000671. The molecule has 1 heterocycles. The van der Waals surface area contributed by atoms with Crippen molar-refractivity contribution in [3.05, 3.63) is 119 Å². The van der Waals surface area contributed by atoms with E-state index in [0.717, 1.165) is 22.3 Å². The molecular weight excluding hydrogens is 424 g/mol. The van der Waals surface area contributed by atoms with E-state index in [4.69, 9.17) is 4.74 Å². The summed E-state index contributed by atoms with van der Waals surface area (Å²) in [6.07, 6.45) is 4.49. The largest absolute Gasteiger partial charge is 0.472 e. The number of ether oxygens (including phenoxy) is 1. The number of rotatable bonds is 3. The van der Waals surface area contributed by atoms with Crippen LogP contribution in [0.2, 0.25) is 0 Å². The summed E-state index contributed by atoms with van der Waals surface area (Å²) >= 11 is 0. The first-order valence-electron chi connectivity index (χ1n) is 13.2. The fourth-order valence-electron chi connectivity index (χ4n) is 4.35. The van der Waals surface area contributed by atoms with Crippen molar-refractivity contribution in [2.24, 2.45) is 0 Å². The van der Waals surface area contributed by atoms with Crippen molar-refractivity contribution in [2.45, 2.75) is 66.9 Å².